The second-order valence-corrected chi connectivity index (χ2v) is 9.09. The molecule has 3 nitrogen and oxygen atoms in total. The third-order valence-electron chi connectivity index (χ3n) is 6.39. The Morgan fingerprint density at radius 1 is 0.793 bits per heavy atom. The maximum absolute atomic E-state index is 11.2. The summed E-state index contributed by atoms with van der Waals surface area (Å²) in [6.07, 6.45) is 29.5. The molecule has 1 N–H and O–H groups in total. The molecule has 0 unspecified atom stereocenters. The predicted molar refractivity (Wildman–Crippen MR) is 126 cm³/mol. The minimum atomic E-state index is -0.667. The number of rotatable bonds is 19. The fourth-order valence-electron chi connectivity index (χ4n) is 4.57. The second kappa shape index (κ2) is 19.2. The lowest BCUT2D eigenvalue weighted by molar-refractivity contribution is -0.139. The summed E-state index contributed by atoms with van der Waals surface area (Å²) in [5.41, 5.74) is 0. The average molecular weight is 408 g/mol. The number of carboxylic acids is 1. The molecule has 0 amide bonds. The SMILES string of the molecule is CCCCCCCC/C=C/CCCCCCCCN(CC(=O)O)C1CCCCC1. The fourth-order valence-corrected chi connectivity index (χ4v) is 4.57. The van der Waals surface area contributed by atoms with E-state index in [-0.39, 0.29) is 6.54 Å². The lowest BCUT2D eigenvalue weighted by atomic mass is 9.94. The van der Waals surface area contributed by atoms with Crippen molar-refractivity contribution >= 4 is 5.97 Å². The van der Waals surface area contributed by atoms with Crippen molar-refractivity contribution < 1.29 is 9.90 Å². The average Bonchev–Trinajstić information content (AvgIpc) is 2.73. The molecule has 170 valence electrons. The van der Waals surface area contributed by atoms with Crippen LogP contribution in [0.2, 0.25) is 0 Å². The van der Waals surface area contributed by atoms with Gasteiger partial charge in [-0.25, -0.2) is 0 Å². The van der Waals surface area contributed by atoms with E-state index in [2.05, 4.69) is 24.0 Å². The Labute approximate surface area is 181 Å². The van der Waals surface area contributed by atoms with Crippen LogP contribution in [-0.4, -0.2) is 35.1 Å². The van der Waals surface area contributed by atoms with Gasteiger partial charge in [-0.15, -0.1) is 0 Å². The van der Waals surface area contributed by atoms with Gasteiger partial charge in [0.2, 0.25) is 0 Å². The molecule has 1 fully saturated rings. The van der Waals surface area contributed by atoms with Crippen LogP contribution in [0.4, 0.5) is 0 Å². The number of allylic oxidation sites excluding steroid dienone is 2. The molecule has 1 saturated carbocycles. The molecule has 0 aromatic carbocycles. The Morgan fingerprint density at radius 2 is 1.31 bits per heavy atom. The van der Waals surface area contributed by atoms with Gasteiger partial charge in [0.25, 0.3) is 0 Å². The third kappa shape index (κ3) is 15.6. The van der Waals surface area contributed by atoms with E-state index in [4.69, 9.17) is 0 Å². The molecule has 1 aliphatic rings. The van der Waals surface area contributed by atoms with Gasteiger partial charge in [0.05, 0.1) is 6.54 Å². The second-order valence-electron chi connectivity index (χ2n) is 9.09. The van der Waals surface area contributed by atoms with E-state index in [1.807, 2.05) is 0 Å². The Balaban J connectivity index is 1.92. The Kier molecular flexibility index (Phi) is 17.3. The molecule has 29 heavy (non-hydrogen) atoms. The molecule has 3 heteroatoms. The normalized spacial score (nSPS) is 15.5. The topological polar surface area (TPSA) is 40.5 Å². The van der Waals surface area contributed by atoms with Crippen LogP contribution < -0.4 is 0 Å². The van der Waals surface area contributed by atoms with Crippen molar-refractivity contribution in [1.82, 2.24) is 4.90 Å². The highest BCUT2D eigenvalue weighted by molar-refractivity contribution is 5.69. The van der Waals surface area contributed by atoms with Gasteiger partial charge in [-0.1, -0.05) is 96.1 Å². The van der Waals surface area contributed by atoms with Crippen LogP contribution in [0.25, 0.3) is 0 Å². The first-order chi connectivity index (χ1) is 14.2. The van der Waals surface area contributed by atoms with Crippen LogP contribution >= 0.6 is 0 Å². The molecule has 1 aliphatic carbocycles. The van der Waals surface area contributed by atoms with Crippen molar-refractivity contribution in [3.05, 3.63) is 12.2 Å². The van der Waals surface area contributed by atoms with E-state index in [0.29, 0.717) is 6.04 Å². The maximum atomic E-state index is 11.2. The van der Waals surface area contributed by atoms with E-state index < -0.39 is 5.97 Å². The van der Waals surface area contributed by atoms with Gasteiger partial charge in [0.1, 0.15) is 0 Å². The number of unbranched alkanes of at least 4 members (excludes halogenated alkanes) is 12. The number of aliphatic carboxylic acids is 1. The van der Waals surface area contributed by atoms with Gasteiger partial charge in [0.15, 0.2) is 0 Å². The molecule has 0 aromatic rings. The quantitative estimate of drug-likeness (QED) is 0.176. The number of hydrogen-bond acceptors (Lipinski definition) is 2. The first-order valence-corrected chi connectivity index (χ1v) is 12.8. The number of carboxylic acid groups (broad SMARTS) is 1. The highest BCUT2D eigenvalue weighted by Crippen LogP contribution is 2.23. The zero-order valence-corrected chi connectivity index (χ0v) is 19.4. The Morgan fingerprint density at radius 3 is 1.86 bits per heavy atom. The van der Waals surface area contributed by atoms with Gasteiger partial charge in [0, 0.05) is 6.04 Å². The summed E-state index contributed by atoms with van der Waals surface area (Å²) in [4.78, 5) is 13.4. The molecule has 0 heterocycles. The molecule has 0 aliphatic heterocycles. The standard InChI is InChI=1S/C26H49NO2/c1-2-3-4-5-6-7-8-9-10-11-12-13-14-15-16-20-23-27(24-26(28)29)25-21-18-17-19-22-25/h9-10,25H,2-8,11-24H2,1H3,(H,28,29)/b10-9+. The van der Waals surface area contributed by atoms with E-state index in [1.165, 1.54) is 116 Å². The lowest BCUT2D eigenvalue weighted by Crippen LogP contribution is -2.40. The highest BCUT2D eigenvalue weighted by atomic mass is 16.4. The van der Waals surface area contributed by atoms with E-state index in [0.717, 1.165) is 13.0 Å². The minimum absolute atomic E-state index is 0.232. The molecule has 0 spiro atoms. The first-order valence-electron chi connectivity index (χ1n) is 12.8. The highest BCUT2D eigenvalue weighted by Gasteiger charge is 2.22. The van der Waals surface area contributed by atoms with Crippen LogP contribution in [-0.2, 0) is 4.79 Å². The van der Waals surface area contributed by atoms with Gasteiger partial charge in [-0.3, -0.25) is 9.69 Å². The van der Waals surface area contributed by atoms with Crippen LogP contribution in [0.5, 0.6) is 0 Å². The predicted octanol–water partition coefficient (Wildman–Crippen LogP) is 7.74. The number of nitrogens with zero attached hydrogens (tertiary/aromatic N) is 1. The van der Waals surface area contributed by atoms with E-state index in [9.17, 15) is 9.90 Å². The molecule has 0 aromatic heterocycles. The van der Waals surface area contributed by atoms with E-state index in [1.54, 1.807) is 0 Å². The maximum Gasteiger partial charge on any atom is 0.317 e. The first kappa shape index (κ1) is 26.2. The minimum Gasteiger partial charge on any atom is -0.480 e. The van der Waals surface area contributed by atoms with Crippen LogP contribution in [0.3, 0.4) is 0 Å². The number of carbonyl (C=O) groups is 1. The summed E-state index contributed by atoms with van der Waals surface area (Å²) >= 11 is 0. The summed E-state index contributed by atoms with van der Waals surface area (Å²) in [6.45, 7) is 3.48. The van der Waals surface area contributed by atoms with E-state index >= 15 is 0 Å². The molecule has 0 saturated heterocycles. The van der Waals surface area contributed by atoms with Gasteiger partial charge in [-0.05, 0) is 51.5 Å². The monoisotopic (exact) mass is 407 g/mol. The summed E-state index contributed by atoms with van der Waals surface area (Å²) in [5, 5.41) is 9.20. The number of hydrogen-bond donors (Lipinski definition) is 1. The van der Waals surface area contributed by atoms with Gasteiger partial charge >= 0.3 is 5.97 Å². The third-order valence-corrected chi connectivity index (χ3v) is 6.39. The molecule has 1 rings (SSSR count). The molecular formula is C26H49NO2. The largest absolute Gasteiger partial charge is 0.480 e. The summed E-state index contributed by atoms with van der Waals surface area (Å²) in [7, 11) is 0. The Bertz CT molecular complexity index is 402. The molecule has 0 bridgehead atoms. The van der Waals surface area contributed by atoms with Crippen molar-refractivity contribution in [1.29, 1.82) is 0 Å². The molecule has 0 atom stereocenters. The van der Waals surface area contributed by atoms with Crippen molar-refractivity contribution in [2.45, 2.75) is 135 Å². The van der Waals surface area contributed by atoms with Crippen LogP contribution in [0, 0.1) is 0 Å². The van der Waals surface area contributed by atoms with Crippen LogP contribution in [0.15, 0.2) is 12.2 Å². The summed E-state index contributed by atoms with van der Waals surface area (Å²) < 4.78 is 0. The zero-order valence-electron chi connectivity index (χ0n) is 19.4. The van der Waals surface area contributed by atoms with Gasteiger partial charge < -0.3 is 5.11 Å². The van der Waals surface area contributed by atoms with Crippen molar-refractivity contribution in [3.63, 3.8) is 0 Å². The fraction of sp³-hybridized carbons (Fsp3) is 0.885. The molecular weight excluding hydrogens is 358 g/mol. The Hall–Kier alpha value is -0.830. The summed E-state index contributed by atoms with van der Waals surface area (Å²) in [5.74, 6) is -0.667. The summed E-state index contributed by atoms with van der Waals surface area (Å²) in [6, 6.07) is 0.517. The zero-order chi connectivity index (χ0) is 21.0. The van der Waals surface area contributed by atoms with Crippen molar-refractivity contribution in [3.8, 4) is 0 Å². The van der Waals surface area contributed by atoms with Crippen molar-refractivity contribution in [2.75, 3.05) is 13.1 Å². The lowest BCUT2D eigenvalue weighted by Gasteiger charge is -2.33. The van der Waals surface area contributed by atoms with Crippen LogP contribution in [0.1, 0.15) is 129 Å². The smallest absolute Gasteiger partial charge is 0.317 e. The molecule has 0 radical (unpaired) electrons. The van der Waals surface area contributed by atoms with Crippen molar-refractivity contribution in [2.24, 2.45) is 0 Å². The van der Waals surface area contributed by atoms with Gasteiger partial charge in [-0.2, -0.15) is 0 Å².